The summed E-state index contributed by atoms with van der Waals surface area (Å²) in [4.78, 5) is 0. The molecule has 21 heavy (non-hydrogen) atoms. The molecule has 2 nitrogen and oxygen atoms in total. The molecule has 3 rings (SSSR count). The van der Waals surface area contributed by atoms with E-state index in [-0.39, 0.29) is 6.04 Å². The van der Waals surface area contributed by atoms with Gasteiger partial charge in [-0.25, -0.2) is 4.39 Å². The highest BCUT2D eigenvalue weighted by atomic mass is 19.1. The summed E-state index contributed by atoms with van der Waals surface area (Å²) in [5, 5.41) is 12.9. The number of nitrogens with one attached hydrogen (secondary N) is 1. The van der Waals surface area contributed by atoms with Crippen LogP contribution in [0, 0.1) is 0 Å². The van der Waals surface area contributed by atoms with Crippen LogP contribution in [0.1, 0.15) is 31.4 Å². The number of aliphatic hydroxyl groups is 1. The van der Waals surface area contributed by atoms with E-state index in [1.54, 1.807) is 6.92 Å². The fourth-order valence-corrected chi connectivity index (χ4v) is 2.62. The molecule has 2 aromatic carbocycles. The first-order valence-electron chi connectivity index (χ1n) is 7.43. The predicted octanol–water partition coefficient (Wildman–Crippen LogP) is 4.32. The molecule has 0 heterocycles. The molecule has 0 aromatic heterocycles. The Kier molecular flexibility index (Phi) is 3.93. The number of halogens is 1. The van der Waals surface area contributed by atoms with Crippen LogP contribution < -0.4 is 5.32 Å². The smallest absolute Gasteiger partial charge is 0.120 e. The monoisotopic (exact) mass is 285 g/mol. The fraction of sp³-hybridized carbons (Fsp3) is 0.333. The molecular formula is C18H20FNO. The number of benzene rings is 2. The Morgan fingerprint density at radius 3 is 2.38 bits per heavy atom. The number of hydrogen-bond acceptors (Lipinski definition) is 2. The van der Waals surface area contributed by atoms with Crippen LogP contribution in [-0.4, -0.2) is 17.3 Å². The van der Waals surface area contributed by atoms with E-state index >= 15 is 0 Å². The number of aliphatic hydroxyl groups excluding tert-OH is 1. The van der Waals surface area contributed by atoms with Gasteiger partial charge in [-0.3, -0.25) is 0 Å². The second-order valence-corrected chi connectivity index (χ2v) is 5.69. The second-order valence-electron chi connectivity index (χ2n) is 5.69. The molecule has 0 aliphatic heterocycles. The van der Waals surface area contributed by atoms with Gasteiger partial charge in [-0.2, -0.15) is 0 Å². The van der Waals surface area contributed by atoms with Crippen molar-refractivity contribution in [3.05, 3.63) is 54.1 Å². The van der Waals surface area contributed by atoms with Gasteiger partial charge in [0.05, 0.1) is 12.1 Å². The minimum atomic E-state index is -0.740. The Morgan fingerprint density at radius 2 is 1.81 bits per heavy atom. The van der Waals surface area contributed by atoms with E-state index in [0.29, 0.717) is 6.42 Å². The Bertz CT molecular complexity index is 609. The van der Waals surface area contributed by atoms with Gasteiger partial charge in [-0.05, 0) is 37.0 Å². The summed E-state index contributed by atoms with van der Waals surface area (Å²) in [6.45, 7) is 1.75. The van der Waals surface area contributed by atoms with E-state index in [0.717, 1.165) is 28.8 Å². The largest absolute Gasteiger partial charge is 0.389 e. The van der Waals surface area contributed by atoms with E-state index in [9.17, 15) is 9.50 Å². The maximum atomic E-state index is 13.5. The maximum absolute atomic E-state index is 13.5. The van der Waals surface area contributed by atoms with E-state index in [1.165, 1.54) is 0 Å². The summed E-state index contributed by atoms with van der Waals surface area (Å²) in [7, 11) is 0. The third-order valence-electron chi connectivity index (χ3n) is 4.16. The third kappa shape index (κ3) is 2.93. The van der Waals surface area contributed by atoms with Gasteiger partial charge >= 0.3 is 0 Å². The van der Waals surface area contributed by atoms with Gasteiger partial charge in [-0.15, -0.1) is 0 Å². The molecule has 3 atom stereocenters. The standard InChI is InChI=1S/C18H20FNO/c1-12(21)13-6-8-14(9-7-13)15-4-2-3-5-17(15)20-18-11-10-16(18)19/h2-9,12,16,18,20-21H,10-11H2,1H3/t12?,16-,18?/m0/s1. The molecule has 2 N–H and O–H groups in total. The lowest BCUT2D eigenvalue weighted by atomic mass is 9.90. The average Bonchev–Trinajstić information content (AvgIpc) is 2.51. The molecule has 2 aromatic rings. The first kappa shape index (κ1) is 14.1. The van der Waals surface area contributed by atoms with E-state index in [1.807, 2.05) is 48.5 Å². The van der Waals surface area contributed by atoms with Crippen molar-refractivity contribution >= 4 is 5.69 Å². The van der Waals surface area contributed by atoms with E-state index < -0.39 is 12.3 Å². The number of rotatable bonds is 4. The summed E-state index contributed by atoms with van der Waals surface area (Å²) in [5.74, 6) is 0. The van der Waals surface area contributed by atoms with Gasteiger partial charge in [0.25, 0.3) is 0 Å². The highest BCUT2D eigenvalue weighted by Gasteiger charge is 2.30. The summed E-state index contributed by atoms with van der Waals surface area (Å²) >= 11 is 0. The molecule has 0 spiro atoms. The molecule has 110 valence electrons. The molecule has 1 fully saturated rings. The van der Waals surface area contributed by atoms with Crippen LogP contribution in [0.2, 0.25) is 0 Å². The molecule has 0 radical (unpaired) electrons. The van der Waals surface area contributed by atoms with E-state index in [4.69, 9.17) is 0 Å². The summed E-state index contributed by atoms with van der Waals surface area (Å²) < 4.78 is 13.5. The molecule has 0 saturated heterocycles. The first-order chi connectivity index (χ1) is 10.1. The zero-order chi connectivity index (χ0) is 14.8. The van der Waals surface area contributed by atoms with Gasteiger partial charge in [0.1, 0.15) is 6.17 Å². The van der Waals surface area contributed by atoms with Gasteiger partial charge in [0.2, 0.25) is 0 Å². The second kappa shape index (κ2) is 5.86. The number of hydrogen-bond donors (Lipinski definition) is 2. The van der Waals surface area contributed by atoms with Crippen LogP contribution in [0.5, 0.6) is 0 Å². The molecule has 0 bridgehead atoms. The molecule has 0 amide bonds. The summed E-state index contributed by atoms with van der Waals surface area (Å²) in [5.41, 5.74) is 3.99. The minimum Gasteiger partial charge on any atom is -0.389 e. The molecule has 2 unspecified atom stereocenters. The van der Waals surface area contributed by atoms with Crippen molar-refractivity contribution in [3.8, 4) is 11.1 Å². The van der Waals surface area contributed by atoms with Crippen LogP contribution in [0.15, 0.2) is 48.5 Å². The number of anilines is 1. The van der Waals surface area contributed by atoms with Crippen LogP contribution in [-0.2, 0) is 0 Å². The minimum absolute atomic E-state index is 0.0668. The third-order valence-corrected chi connectivity index (χ3v) is 4.16. The molecule has 1 saturated carbocycles. The lowest BCUT2D eigenvalue weighted by Crippen LogP contribution is -2.39. The van der Waals surface area contributed by atoms with Gasteiger partial charge < -0.3 is 10.4 Å². The van der Waals surface area contributed by atoms with Crippen molar-refractivity contribution in [2.24, 2.45) is 0 Å². The summed E-state index contributed by atoms with van der Waals surface area (Å²) in [6, 6.07) is 15.7. The zero-order valence-corrected chi connectivity index (χ0v) is 12.1. The van der Waals surface area contributed by atoms with Crippen LogP contribution in [0.3, 0.4) is 0 Å². The van der Waals surface area contributed by atoms with Crippen LogP contribution >= 0.6 is 0 Å². The molecule has 3 heteroatoms. The maximum Gasteiger partial charge on any atom is 0.120 e. The average molecular weight is 285 g/mol. The van der Waals surface area contributed by atoms with Gasteiger partial charge in [0, 0.05) is 11.3 Å². The van der Waals surface area contributed by atoms with E-state index in [2.05, 4.69) is 5.32 Å². The van der Waals surface area contributed by atoms with Crippen molar-refractivity contribution in [1.29, 1.82) is 0 Å². The Labute approximate surface area is 124 Å². The normalized spacial score (nSPS) is 22.4. The van der Waals surface area contributed by atoms with Crippen LogP contribution in [0.4, 0.5) is 10.1 Å². The molecule has 1 aliphatic rings. The highest BCUT2D eigenvalue weighted by molar-refractivity contribution is 5.78. The Morgan fingerprint density at radius 1 is 1.10 bits per heavy atom. The first-order valence-corrected chi connectivity index (χ1v) is 7.43. The number of alkyl halides is 1. The van der Waals surface area contributed by atoms with Gasteiger partial charge in [-0.1, -0.05) is 42.5 Å². The van der Waals surface area contributed by atoms with Crippen molar-refractivity contribution < 1.29 is 9.50 Å². The van der Waals surface area contributed by atoms with Gasteiger partial charge in [0.15, 0.2) is 0 Å². The number of para-hydroxylation sites is 1. The zero-order valence-electron chi connectivity index (χ0n) is 12.1. The quantitative estimate of drug-likeness (QED) is 0.877. The van der Waals surface area contributed by atoms with Crippen molar-refractivity contribution in [3.63, 3.8) is 0 Å². The summed E-state index contributed by atoms with van der Waals surface area (Å²) in [6.07, 6.45) is 0.338. The Hall–Kier alpha value is -1.87. The Balaban J connectivity index is 1.87. The van der Waals surface area contributed by atoms with Crippen molar-refractivity contribution in [2.75, 3.05) is 5.32 Å². The lowest BCUT2D eigenvalue weighted by molar-refractivity contribution is 0.186. The highest BCUT2D eigenvalue weighted by Crippen LogP contribution is 2.33. The predicted molar refractivity (Wildman–Crippen MR) is 84.1 cm³/mol. The topological polar surface area (TPSA) is 32.3 Å². The van der Waals surface area contributed by atoms with Crippen molar-refractivity contribution in [1.82, 2.24) is 0 Å². The fourth-order valence-electron chi connectivity index (χ4n) is 2.62. The molecule has 1 aliphatic carbocycles. The van der Waals surface area contributed by atoms with Crippen molar-refractivity contribution in [2.45, 2.75) is 38.1 Å². The van der Waals surface area contributed by atoms with Crippen LogP contribution in [0.25, 0.3) is 11.1 Å². The lowest BCUT2D eigenvalue weighted by Gasteiger charge is -2.32. The SMILES string of the molecule is CC(O)c1ccc(-c2ccccc2NC2CC[C@@H]2F)cc1. The molecular weight excluding hydrogens is 265 g/mol.